The molecule has 1 N–H and O–H groups in total. The number of ether oxygens (including phenoxy) is 1. The summed E-state index contributed by atoms with van der Waals surface area (Å²) in [6.45, 7) is 3.35. The Morgan fingerprint density at radius 1 is 1.41 bits per heavy atom. The number of allylic oxidation sites excluding steroid dienone is 1. The molecule has 0 bridgehead atoms. The Morgan fingerprint density at radius 3 is 2.82 bits per heavy atom. The van der Waals surface area contributed by atoms with Crippen LogP contribution in [0.15, 0.2) is 36.4 Å². The lowest BCUT2D eigenvalue weighted by Gasteiger charge is -2.05. The van der Waals surface area contributed by atoms with Crippen molar-refractivity contribution in [3.63, 3.8) is 0 Å². The maximum atomic E-state index is 11.4. The lowest BCUT2D eigenvalue weighted by atomic mass is 10.2. The molecule has 0 aliphatic heterocycles. The number of carbonyl (C=O) groups is 2. The average molecular weight is 233 g/mol. The normalized spacial score (nSPS) is 10.2. The minimum Gasteiger partial charge on any atom is -0.452 e. The Morgan fingerprint density at radius 2 is 2.18 bits per heavy atom. The molecule has 17 heavy (non-hydrogen) atoms. The molecule has 4 nitrogen and oxygen atoms in total. The second-order valence-corrected chi connectivity index (χ2v) is 3.53. The van der Waals surface area contributed by atoms with E-state index in [0.717, 1.165) is 5.56 Å². The van der Waals surface area contributed by atoms with Gasteiger partial charge in [-0.1, -0.05) is 18.2 Å². The van der Waals surface area contributed by atoms with E-state index in [4.69, 9.17) is 4.74 Å². The number of amides is 1. The van der Waals surface area contributed by atoms with Crippen molar-refractivity contribution in [3.05, 3.63) is 42.0 Å². The van der Waals surface area contributed by atoms with E-state index in [9.17, 15) is 9.59 Å². The van der Waals surface area contributed by atoms with Gasteiger partial charge in [-0.2, -0.15) is 0 Å². The molecule has 0 radical (unpaired) electrons. The minimum atomic E-state index is -0.521. The van der Waals surface area contributed by atoms with Crippen LogP contribution < -0.4 is 5.32 Å². The van der Waals surface area contributed by atoms with Crippen molar-refractivity contribution < 1.29 is 14.3 Å². The van der Waals surface area contributed by atoms with Gasteiger partial charge in [-0.05, 0) is 31.5 Å². The van der Waals surface area contributed by atoms with Crippen LogP contribution in [0.5, 0.6) is 0 Å². The molecular weight excluding hydrogens is 218 g/mol. The first-order valence-electron chi connectivity index (χ1n) is 5.28. The first-order valence-corrected chi connectivity index (χ1v) is 5.28. The van der Waals surface area contributed by atoms with E-state index in [1.807, 2.05) is 25.1 Å². The molecule has 0 fully saturated rings. The standard InChI is InChI=1S/C13H15NO3/c1-3-5-13(16)17-9-12(15)14-11-7-4-6-10(2)8-11/h3-8H,9H2,1-2H3,(H,14,15). The SMILES string of the molecule is CC=CC(=O)OCC(=O)Nc1cccc(C)c1. The van der Waals surface area contributed by atoms with Crippen LogP contribution >= 0.6 is 0 Å². The van der Waals surface area contributed by atoms with Crippen LogP contribution in [0.25, 0.3) is 0 Å². The predicted molar refractivity (Wildman–Crippen MR) is 65.6 cm³/mol. The van der Waals surface area contributed by atoms with Crippen molar-refractivity contribution in [2.24, 2.45) is 0 Å². The highest BCUT2D eigenvalue weighted by atomic mass is 16.5. The molecule has 1 amide bonds. The number of esters is 1. The lowest BCUT2D eigenvalue weighted by molar-refractivity contribution is -0.142. The quantitative estimate of drug-likeness (QED) is 0.639. The Labute approximate surface area is 100 Å². The van der Waals surface area contributed by atoms with Gasteiger partial charge in [-0.3, -0.25) is 4.79 Å². The maximum absolute atomic E-state index is 11.4. The number of hydrogen-bond donors (Lipinski definition) is 1. The molecular formula is C13H15NO3. The van der Waals surface area contributed by atoms with Crippen LogP contribution in [0.4, 0.5) is 5.69 Å². The minimum absolute atomic E-state index is 0.281. The highest BCUT2D eigenvalue weighted by Gasteiger charge is 2.05. The highest BCUT2D eigenvalue weighted by molar-refractivity contribution is 5.93. The van der Waals surface area contributed by atoms with E-state index >= 15 is 0 Å². The second-order valence-electron chi connectivity index (χ2n) is 3.53. The molecule has 90 valence electrons. The summed E-state index contributed by atoms with van der Waals surface area (Å²) >= 11 is 0. The third-order valence-electron chi connectivity index (χ3n) is 1.95. The van der Waals surface area contributed by atoms with Crippen LogP contribution in [0.3, 0.4) is 0 Å². The first kappa shape index (κ1) is 13.0. The van der Waals surface area contributed by atoms with Crippen molar-refractivity contribution in [2.45, 2.75) is 13.8 Å². The zero-order chi connectivity index (χ0) is 12.7. The molecule has 0 saturated heterocycles. The monoisotopic (exact) mass is 233 g/mol. The summed E-state index contributed by atoms with van der Waals surface area (Å²) in [4.78, 5) is 22.4. The summed E-state index contributed by atoms with van der Waals surface area (Å²) in [6.07, 6.45) is 2.82. The number of anilines is 1. The van der Waals surface area contributed by atoms with Crippen molar-refractivity contribution in [1.82, 2.24) is 0 Å². The van der Waals surface area contributed by atoms with E-state index in [2.05, 4.69) is 5.32 Å². The van der Waals surface area contributed by atoms with E-state index in [0.29, 0.717) is 5.69 Å². The first-order chi connectivity index (χ1) is 8.11. The van der Waals surface area contributed by atoms with Crippen molar-refractivity contribution in [1.29, 1.82) is 0 Å². The largest absolute Gasteiger partial charge is 0.452 e. The Balaban J connectivity index is 2.42. The Bertz CT molecular complexity index is 438. The molecule has 1 aromatic carbocycles. The smallest absolute Gasteiger partial charge is 0.330 e. The van der Waals surface area contributed by atoms with Gasteiger partial charge < -0.3 is 10.1 Å². The molecule has 0 aromatic heterocycles. The predicted octanol–water partition coefficient (Wildman–Crippen LogP) is 2.05. The summed E-state index contributed by atoms with van der Waals surface area (Å²) in [5.41, 5.74) is 1.74. The number of benzene rings is 1. The van der Waals surface area contributed by atoms with Crippen LogP contribution in [0.1, 0.15) is 12.5 Å². The van der Waals surface area contributed by atoms with Crippen LogP contribution in [-0.4, -0.2) is 18.5 Å². The molecule has 0 atom stereocenters. The third-order valence-corrected chi connectivity index (χ3v) is 1.95. The summed E-state index contributed by atoms with van der Waals surface area (Å²) < 4.78 is 4.71. The Kier molecular flexibility index (Phi) is 4.94. The van der Waals surface area contributed by atoms with Gasteiger partial charge in [0.25, 0.3) is 5.91 Å². The molecule has 1 aromatic rings. The van der Waals surface area contributed by atoms with E-state index in [-0.39, 0.29) is 12.5 Å². The topological polar surface area (TPSA) is 55.4 Å². The van der Waals surface area contributed by atoms with Gasteiger partial charge in [-0.15, -0.1) is 0 Å². The highest BCUT2D eigenvalue weighted by Crippen LogP contribution is 2.09. The van der Waals surface area contributed by atoms with Gasteiger partial charge in [0.05, 0.1) is 0 Å². The van der Waals surface area contributed by atoms with Gasteiger partial charge in [0.1, 0.15) is 0 Å². The zero-order valence-corrected chi connectivity index (χ0v) is 9.90. The molecule has 4 heteroatoms. The number of hydrogen-bond acceptors (Lipinski definition) is 3. The molecule has 0 saturated carbocycles. The van der Waals surface area contributed by atoms with Gasteiger partial charge >= 0.3 is 5.97 Å². The average Bonchev–Trinajstić information content (AvgIpc) is 2.27. The van der Waals surface area contributed by atoms with E-state index in [1.54, 1.807) is 19.1 Å². The number of nitrogens with one attached hydrogen (secondary N) is 1. The second kappa shape index (κ2) is 6.48. The zero-order valence-electron chi connectivity index (χ0n) is 9.90. The fraction of sp³-hybridized carbons (Fsp3) is 0.231. The molecule has 0 aliphatic carbocycles. The number of carbonyl (C=O) groups excluding carboxylic acids is 2. The fourth-order valence-electron chi connectivity index (χ4n) is 1.24. The molecule has 0 aliphatic rings. The van der Waals surface area contributed by atoms with Gasteiger partial charge in [0.2, 0.25) is 0 Å². The van der Waals surface area contributed by atoms with E-state index in [1.165, 1.54) is 6.08 Å². The molecule has 0 unspecified atom stereocenters. The third kappa shape index (κ3) is 4.97. The lowest BCUT2D eigenvalue weighted by Crippen LogP contribution is -2.20. The summed E-state index contributed by atoms with van der Waals surface area (Å²) in [7, 11) is 0. The van der Waals surface area contributed by atoms with Crippen LogP contribution in [0.2, 0.25) is 0 Å². The fourth-order valence-corrected chi connectivity index (χ4v) is 1.24. The van der Waals surface area contributed by atoms with Gasteiger partial charge in [0, 0.05) is 11.8 Å². The summed E-state index contributed by atoms with van der Waals surface area (Å²) in [5, 5.41) is 2.64. The summed E-state index contributed by atoms with van der Waals surface area (Å²) in [6, 6.07) is 7.39. The maximum Gasteiger partial charge on any atom is 0.330 e. The van der Waals surface area contributed by atoms with Crippen LogP contribution in [0, 0.1) is 6.92 Å². The summed E-state index contributed by atoms with van der Waals surface area (Å²) in [5.74, 6) is -0.875. The Hall–Kier alpha value is -2.10. The van der Waals surface area contributed by atoms with Gasteiger partial charge in [0.15, 0.2) is 6.61 Å². The van der Waals surface area contributed by atoms with E-state index < -0.39 is 5.97 Å². The van der Waals surface area contributed by atoms with Crippen molar-refractivity contribution in [3.8, 4) is 0 Å². The van der Waals surface area contributed by atoms with Gasteiger partial charge in [-0.25, -0.2) is 4.79 Å². The van der Waals surface area contributed by atoms with Crippen molar-refractivity contribution >= 4 is 17.6 Å². The number of rotatable bonds is 4. The van der Waals surface area contributed by atoms with Crippen molar-refractivity contribution in [2.75, 3.05) is 11.9 Å². The number of aryl methyl sites for hydroxylation is 1. The molecule has 1 rings (SSSR count). The molecule has 0 heterocycles. The van der Waals surface area contributed by atoms with Crippen LogP contribution in [-0.2, 0) is 14.3 Å². The molecule has 0 spiro atoms.